The van der Waals surface area contributed by atoms with Gasteiger partial charge in [0, 0.05) is 61.0 Å². The Bertz CT molecular complexity index is 1400. The fourth-order valence-corrected chi connectivity index (χ4v) is 4.24. The molecule has 0 unspecified atom stereocenters. The van der Waals surface area contributed by atoms with Crippen LogP contribution in [0.15, 0.2) is 61.1 Å². The summed E-state index contributed by atoms with van der Waals surface area (Å²) in [7, 11) is 3.24. The molecule has 0 bridgehead atoms. The third kappa shape index (κ3) is 6.87. The Kier molecular flexibility index (Phi) is 9.19. The molecule has 2 N–H and O–H groups in total. The number of anilines is 1. The Morgan fingerprint density at radius 3 is 2.73 bits per heavy atom. The summed E-state index contributed by atoms with van der Waals surface area (Å²) in [6, 6.07) is 11.6. The number of carbonyl (C=O) groups excluding carboxylic acids is 2. The van der Waals surface area contributed by atoms with E-state index in [1.807, 2.05) is 6.92 Å². The molecule has 0 radical (unpaired) electrons. The summed E-state index contributed by atoms with van der Waals surface area (Å²) in [5.74, 6) is 6.40. The van der Waals surface area contributed by atoms with Gasteiger partial charge in [0.2, 0.25) is 5.88 Å². The van der Waals surface area contributed by atoms with Crippen molar-refractivity contribution in [2.45, 2.75) is 26.0 Å². The van der Waals surface area contributed by atoms with Gasteiger partial charge in [0.05, 0.1) is 26.3 Å². The van der Waals surface area contributed by atoms with Crippen LogP contribution in [0.2, 0.25) is 0 Å². The van der Waals surface area contributed by atoms with E-state index < -0.39 is 12.1 Å². The number of ether oxygens (including phenoxy) is 2. The van der Waals surface area contributed by atoms with Crippen LogP contribution in [0, 0.1) is 17.8 Å². The van der Waals surface area contributed by atoms with E-state index in [0.717, 1.165) is 5.56 Å². The van der Waals surface area contributed by atoms with E-state index in [0.29, 0.717) is 23.5 Å². The molecule has 4 rings (SSSR count). The first-order chi connectivity index (χ1) is 19.3. The Morgan fingerprint density at radius 2 is 2.00 bits per heavy atom. The summed E-state index contributed by atoms with van der Waals surface area (Å²) in [5, 5.41) is 12.8. The number of methoxy groups -OCH3 is 1. The molecular formula is C30H33N5O5. The van der Waals surface area contributed by atoms with Crippen molar-refractivity contribution in [2.75, 3.05) is 39.2 Å². The quantitative estimate of drug-likeness (QED) is 0.459. The van der Waals surface area contributed by atoms with Crippen molar-refractivity contribution in [1.29, 1.82) is 0 Å². The number of amides is 3. The van der Waals surface area contributed by atoms with Crippen molar-refractivity contribution >= 4 is 17.6 Å². The van der Waals surface area contributed by atoms with Crippen molar-refractivity contribution in [1.82, 2.24) is 19.8 Å². The van der Waals surface area contributed by atoms with Gasteiger partial charge in [0.1, 0.15) is 17.4 Å². The number of fused-ring (bicyclic) bond motifs is 1. The molecule has 1 aliphatic rings. The molecule has 1 aliphatic heterocycles. The van der Waals surface area contributed by atoms with Gasteiger partial charge in [-0.1, -0.05) is 24.8 Å². The Hall–Kier alpha value is -4.62. The lowest BCUT2D eigenvalue weighted by molar-refractivity contribution is 0.0356. The van der Waals surface area contributed by atoms with Gasteiger partial charge >= 0.3 is 6.03 Å². The fourth-order valence-electron chi connectivity index (χ4n) is 4.24. The van der Waals surface area contributed by atoms with Gasteiger partial charge < -0.3 is 29.7 Å². The topological polar surface area (TPSA) is 117 Å². The number of likely N-dealkylation sites (N-methyl/N-ethyl adjacent to an activating group) is 1. The highest BCUT2D eigenvalue weighted by Gasteiger charge is 2.34. The molecule has 2 aromatic heterocycles. The maximum absolute atomic E-state index is 13.6. The van der Waals surface area contributed by atoms with E-state index in [1.54, 1.807) is 87.0 Å². The molecule has 10 nitrogen and oxygen atoms in total. The van der Waals surface area contributed by atoms with Crippen LogP contribution >= 0.6 is 0 Å². The monoisotopic (exact) mass is 543 g/mol. The predicted molar refractivity (Wildman–Crippen MR) is 150 cm³/mol. The lowest BCUT2D eigenvalue weighted by atomic mass is 10.00. The molecule has 0 aliphatic carbocycles. The number of hydrogen-bond acceptors (Lipinski definition) is 7. The number of aliphatic hydroxyl groups is 1. The van der Waals surface area contributed by atoms with Gasteiger partial charge in [-0.2, -0.15) is 0 Å². The molecule has 3 heterocycles. The number of aliphatic hydroxyl groups excluding tert-OH is 1. The molecule has 0 saturated carbocycles. The third-order valence-electron chi connectivity index (χ3n) is 6.67. The van der Waals surface area contributed by atoms with Crippen LogP contribution in [0.1, 0.15) is 35.3 Å². The van der Waals surface area contributed by atoms with Crippen LogP contribution < -0.4 is 14.8 Å². The van der Waals surface area contributed by atoms with Crippen LogP contribution in [0.3, 0.4) is 0 Å². The summed E-state index contributed by atoms with van der Waals surface area (Å²) in [6.45, 7) is 4.09. The second kappa shape index (κ2) is 13.0. The fraction of sp³-hybridized carbons (Fsp3) is 0.333. The van der Waals surface area contributed by atoms with Gasteiger partial charge in [-0.15, -0.1) is 0 Å². The number of carbonyl (C=O) groups is 2. The van der Waals surface area contributed by atoms with Crippen LogP contribution in [0.4, 0.5) is 10.5 Å². The Morgan fingerprint density at radius 1 is 1.25 bits per heavy atom. The number of benzene rings is 1. The zero-order valence-corrected chi connectivity index (χ0v) is 23.0. The minimum absolute atomic E-state index is 0.160. The van der Waals surface area contributed by atoms with E-state index in [9.17, 15) is 14.7 Å². The maximum Gasteiger partial charge on any atom is 0.321 e. The van der Waals surface area contributed by atoms with Crippen molar-refractivity contribution in [3.8, 4) is 23.5 Å². The summed E-state index contributed by atoms with van der Waals surface area (Å²) in [5.41, 5.74) is 2.18. The zero-order valence-electron chi connectivity index (χ0n) is 23.0. The second-order valence-corrected chi connectivity index (χ2v) is 9.73. The Balaban J connectivity index is 1.59. The summed E-state index contributed by atoms with van der Waals surface area (Å²) < 4.78 is 11.5. The van der Waals surface area contributed by atoms with Crippen LogP contribution in [-0.2, 0) is 0 Å². The van der Waals surface area contributed by atoms with Gasteiger partial charge in [0.15, 0.2) is 0 Å². The van der Waals surface area contributed by atoms with E-state index in [4.69, 9.17) is 9.47 Å². The highest BCUT2D eigenvalue weighted by atomic mass is 16.5. The largest absolute Gasteiger partial charge is 0.497 e. The van der Waals surface area contributed by atoms with Gasteiger partial charge in [-0.25, -0.2) is 9.78 Å². The molecule has 3 amide bonds. The SMILES string of the molecule is COc1cccc(NC(=O)N(C)C[C@@H]2Oc3ncc(C#Cc4ccncc4)cc3C(=O)N([C@@H](C)CO)C[C@H]2C)c1. The number of hydrogen-bond donors (Lipinski definition) is 2. The second-order valence-electron chi connectivity index (χ2n) is 9.73. The van der Waals surface area contributed by atoms with Gasteiger partial charge in [-0.05, 0) is 37.3 Å². The standard InChI is InChI=1S/C30H33N5O5/c1-20-17-35(21(2)19-36)29(37)26-14-23(9-8-22-10-12-31-13-11-22)16-32-28(26)40-27(20)18-34(3)30(38)33-24-6-5-7-25(15-24)39-4/h5-7,10-16,20-21,27,36H,17-19H2,1-4H3,(H,33,38)/t20-,21+,27+/m1/s1. The molecule has 0 fully saturated rings. The highest BCUT2D eigenvalue weighted by Crippen LogP contribution is 2.27. The van der Waals surface area contributed by atoms with E-state index >= 15 is 0 Å². The summed E-state index contributed by atoms with van der Waals surface area (Å²) in [6.07, 6.45) is 4.39. The van der Waals surface area contributed by atoms with Crippen LogP contribution in [-0.4, -0.2) is 82.8 Å². The number of urea groups is 1. The summed E-state index contributed by atoms with van der Waals surface area (Å²) >= 11 is 0. The van der Waals surface area contributed by atoms with E-state index in [-0.39, 0.29) is 42.5 Å². The molecule has 1 aromatic carbocycles. The Labute approximate surface area is 234 Å². The maximum atomic E-state index is 13.6. The minimum Gasteiger partial charge on any atom is -0.497 e. The lowest BCUT2D eigenvalue weighted by Crippen LogP contribution is -2.50. The summed E-state index contributed by atoms with van der Waals surface area (Å²) in [4.78, 5) is 38.2. The van der Waals surface area contributed by atoms with Gasteiger partial charge in [0.25, 0.3) is 5.91 Å². The highest BCUT2D eigenvalue weighted by molar-refractivity contribution is 5.97. The number of pyridine rings is 2. The molecule has 0 spiro atoms. The van der Waals surface area contributed by atoms with Gasteiger partial charge in [-0.3, -0.25) is 9.78 Å². The van der Waals surface area contributed by atoms with Crippen molar-refractivity contribution in [3.63, 3.8) is 0 Å². The first-order valence-corrected chi connectivity index (χ1v) is 13.0. The first-order valence-electron chi connectivity index (χ1n) is 13.0. The third-order valence-corrected chi connectivity index (χ3v) is 6.67. The smallest absolute Gasteiger partial charge is 0.321 e. The number of rotatable bonds is 6. The molecular weight excluding hydrogens is 510 g/mol. The molecule has 208 valence electrons. The average Bonchev–Trinajstić information content (AvgIpc) is 2.98. The molecule has 40 heavy (non-hydrogen) atoms. The van der Waals surface area contributed by atoms with E-state index in [2.05, 4.69) is 27.1 Å². The predicted octanol–water partition coefficient (Wildman–Crippen LogP) is 3.27. The van der Waals surface area contributed by atoms with Crippen molar-refractivity contribution in [2.24, 2.45) is 5.92 Å². The zero-order chi connectivity index (χ0) is 28.6. The average molecular weight is 544 g/mol. The van der Waals surface area contributed by atoms with Crippen LogP contribution in [0.5, 0.6) is 11.6 Å². The van der Waals surface area contributed by atoms with E-state index in [1.165, 1.54) is 4.90 Å². The molecule has 3 atom stereocenters. The normalized spacial score (nSPS) is 17.2. The first kappa shape index (κ1) is 28.4. The molecule has 10 heteroatoms. The molecule has 0 saturated heterocycles. The van der Waals surface area contributed by atoms with Crippen molar-refractivity contribution < 1.29 is 24.2 Å². The number of aromatic nitrogens is 2. The lowest BCUT2D eigenvalue weighted by Gasteiger charge is -2.37. The number of nitrogens with zero attached hydrogens (tertiary/aromatic N) is 4. The van der Waals surface area contributed by atoms with Crippen LogP contribution in [0.25, 0.3) is 0 Å². The minimum atomic E-state index is -0.484. The number of nitrogens with one attached hydrogen (secondary N) is 1. The molecule has 3 aromatic rings. The van der Waals surface area contributed by atoms with Crippen molar-refractivity contribution in [3.05, 3.63) is 77.7 Å².